The highest BCUT2D eigenvalue weighted by atomic mass is 79.9. The summed E-state index contributed by atoms with van der Waals surface area (Å²) >= 11 is 5.19. The Kier molecular flexibility index (Phi) is 7.02. The van der Waals surface area contributed by atoms with Crippen LogP contribution in [0.15, 0.2) is 22.7 Å². The van der Waals surface area contributed by atoms with Gasteiger partial charge in [-0.2, -0.15) is 11.8 Å². The fraction of sp³-hybridized carbons (Fsp3) is 0.357. The van der Waals surface area contributed by atoms with E-state index in [9.17, 15) is 4.79 Å². The number of aryl methyl sites for hydroxylation is 1. The van der Waals surface area contributed by atoms with Gasteiger partial charge in [0.05, 0.1) is 6.61 Å². The third-order valence-corrected chi connectivity index (χ3v) is 3.57. The first-order chi connectivity index (χ1) is 9.04. The number of hydrogen-bond acceptors (Lipinski definition) is 3. The molecule has 0 saturated carbocycles. The maximum absolute atomic E-state index is 10.6. The van der Waals surface area contributed by atoms with Crippen molar-refractivity contribution in [2.24, 2.45) is 0 Å². The van der Waals surface area contributed by atoms with E-state index < -0.39 is 5.97 Å². The molecule has 1 N–H and O–H groups in total. The molecule has 0 bridgehead atoms. The summed E-state index contributed by atoms with van der Waals surface area (Å²) in [6.45, 7) is 2.59. The molecule has 1 aromatic rings. The molecule has 0 aromatic heterocycles. The van der Waals surface area contributed by atoms with Gasteiger partial charge in [0.2, 0.25) is 0 Å². The third kappa shape index (κ3) is 5.70. The lowest BCUT2D eigenvalue weighted by molar-refractivity contribution is -0.131. The fourth-order valence-corrected chi connectivity index (χ4v) is 2.61. The number of carboxylic acids is 1. The summed E-state index contributed by atoms with van der Waals surface area (Å²) < 4.78 is 6.69. The smallest absolute Gasteiger partial charge is 0.328 e. The zero-order chi connectivity index (χ0) is 14.3. The molecule has 0 atom stereocenters. The second-order valence-electron chi connectivity index (χ2n) is 4.01. The van der Waals surface area contributed by atoms with Crippen LogP contribution in [-0.2, 0) is 4.79 Å². The van der Waals surface area contributed by atoms with Gasteiger partial charge in [0.15, 0.2) is 0 Å². The molecule has 0 amide bonds. The van der Waals surface area contributed by atoms with Crippen molar-refractivity contribution in [3.8, 4) is 5.75 Å². The number of benzene rings is 1. The van der Waals surface area contributed by atoms with Crippen molar-refractivity contribution in [2.45, 2.75) is 13.3 Å². The Morgan fingerprint density at radius 3 is 2.89 bits per heavy atom. The fourth-order valence-electron chi connectivity index (χ4n) is 1.62. The Morgan fingerprint density at radius 2 is 2.26 bits per heavy atom. The molecule has 0 aliphatic rings. The molecule has 0 saturated heterocycles. The highest BCUT2D eigenvalue weighted by molar-refractivity contribution is 9.10. The quantitative estimate of drug-likeness (QED) is 0.600. The van der Waals surface area contributed by atoms with Crippen LogP contribution in [0.25, 0.3) is 6.08 Å². The molecule has 5 heteroatoms. The van der Waals surface area contributed by atoms with Gasteiger partial charge >= 0.3 is 5.97 Å². The van der Waals surface area contributed by atoms with Crippen LogP contribution in [0.4, 0.5) is 0 Å². The molecule has 1 aromatic carbocycles. The standard InChI is InChI=1S/C14H17BrO3S/c1-10-8-12(15)9-11(4-5-13(16)17)14(10)18-6-3-7-19-2/h4-5,8-9H,3,6-7H2,1-2H3,(H,16,17)/b5-4+. The number of ether oxygens (including phenoxy) is 1. The summed E-state index contributed by atoms with van der Waals surface area (Å²) in [6, 6.07) is 3.82. The number of carboxylic acid groups (broad SMARTS) is 1. The molecule has 19 heavy (non-hydrogen) atoms. The van der Waals surface area contributed by atoms with E-state index in [0.717, 1.165) is 39.6 Å². The van der Waals surface area contributed by atoms with E-state index >= 15 is 0 Å². The first-order valence-electron chi connectivity index (χ1n) is 5.87. The third-order valence-electron chi connectivity index (χ3n) is 2.41. The average Bonchev–Trinajstić information content (AvgIpc) is 2.34. The summed E-state index contributed by atoms with van der Waals surface area (Å²) in [4.78, 5) is 10.6. The number of hydrogen-bond donors (Lipinski definition) is 1. The molecule has 0 fully saturated rings. The minimum Gasteiger partial charge on any atom is -0.493 e. The van der Waals surface area contributed by atoms with E-state index in [4.69, 9.17) is 9.84 Å². The van der Waals surface area contributed by atoms with Gasteiger partial charge in [-0.25, -0.2) is 4.79 Å². The molecule has 0 radical (unpaired) electrons. The SMILES string of the molecule is CSCCCOc1c(C)cc(Br)cc1/C=C/C(=O)O. The molecule has 3 nitrogen and oxygen atoms in total. The molecular weight excluding hydrogens is 328 g/mol. The summed E-state index contributed by atoms with van der Waals surface area (Å²) in [5.74, 6) is 0.836. The number of halogens is 1. The molecule has 0 aliphatic heterocycles. The van der Waals surface area contributed by atoms with Crippen LogP contribution < -0.4 is 4.74 Å². The Labute approximate surface area is 126 Å². The monoisotopic (exact) mass is 344 g/mol. The van der Waals surface area contributed by atoms with Crippen molar-refractivity contribution >= 4 is 39.7 Å². The first kappa shape index (κ1) is 16.1. The molecule has 0 heterocycles. The van der Waals surface area contributed by atoms with E-state index in [2.05, 4.69) is 22.2 Å². The van der Waals surface area contributed by atoms with Gasteiger partial charge in [0.25, 0.3) is 0 Å². The molecule has 0 aliphatic carbocycles. The lowest BCUT2D eigenvalue weighted by Crippen LogP contribution is -2.02. The topological polar surface area (TPSA) is 46.5 Å². The number of thioether (sulfide) groups is 1. The van der Waals surface area contributed by atoms with Gasteiger partial charge in [-0.05, 0) is 49.1 Å². The maximum Gasteiger partial charge on any atom is 0.328 e. The maximum atomic E-state index is 10.6. The van der Waals surface area contributed by atoms with Crippen molar-refractivity contribution in [3.63, 3.8) is 0 Å². The predicted molar refractivity (Wildman–Crippen MR) is 84.0 cm³/mol. The number of aliphatic carboxylic acids is 1. The second-order valence-corrected chi connectivity index (χ2v) is 5.91. The van der Waals surface area contributed by atoms with Crippen molar-refractivity contribution in [2.75, 3.05) is 18.6 Å². The summed E-state index contributed by atoms with van der Waals surface area (Å²) in [6.07, 6.45) is 5.71. The Morgan fingerprint density at radius 1 is 1.53 bits per heavy atom. The first-order valence-corrected chi connectivity index (χ1v) is 8.06. The minimum absolute atomic E-state index is 0.636. The highest BCUT2D eigenvalue weighted by Crippen LogP contribution is 2.29. The second kappa shape index (κ2) is 8.27. The normalized spacial score (nSPS) is 10.9. The van der Waals surface area contributed by atoms with Crippen molar-refractivity contribution in [3.05, 3.63) is 33.8 Å². The van der Waals surface area contributed by atoms with Gasteiger partial charge in [0, 0.05) is 16.1 Å². The van der Waals surface area contributed by atoms with E-state index in [1.54, 1.807) is 17.8 Å². The van der Waals surface area contributed by atoms with Crippen LogP contribution >= 0.6 is 27.7 Å². The molecule has 0 unspecified atom stereocenters. The van der Waals surface area contributed by atoms with Crippen molar-refractivity contribution in [1.29, 1.82) is 0 Å². The van der Waals surface area contributed by atoms with Crippen molar-refractivity contribution in [1.82, 2.24) is 0 Å². The summed E-state index contributed by atoms with van der Waals surface area (Å²) in [5, 5.41) is 8.71. The molecule has 1 rings (SSSR count). The lowest BCUT2D eigenvalue weighted by atomic mass is 10.1. The highest BCUT2D eigenvalue weighted by Gasteiger charge is 2.07. The minimum atomic E-state index is -0.967. The Bertz CT molecular complexity index is 472. The summed E-state index contributed by atoms with van der Waals surface area (Å²) in [7, 11) is 0. The van der Waals surface area contributed by atoms with Gasteiger partial charge in [-0.3, -0.25) is 0 Å². The van der Waals surface area contributed by atoms with E-state index in [0.29, 0.717) is 6.61 Å². The molecule has 104 valence electrons. The van der Waals surface area contributed by atoms with Gasteiger partial charge in [-0.1, -0.05) is 15.9 Å². The van der Waals surface area contributed by atoms with Crippen LogP contribution in [-0.4, -0.2) is 29.7 Å². The summed E-state index contributed by atoms with van der Waals surface area (Å²) in [5.41, 5.74) is 1.77. The number of carbonyl (C=O) groups is 1. The van der Waals surface area contributed by atoms with E-state index in [1.807, 2.05) is 19.1 Å². The van der Waals surface area contributed by atoms with Crippen molar-refractivity contribution < 1.29 is 14.6 Å². The van der Waals surface area contributed by atoms with Crippen LogP contribution in [0.3, 0.4) is 0 Å². The zero-order valence-corrected chi connectivity index (χ0v) is 13.4. The van der Waals surface area contributed by atoms with Crippen LogP contribution in [0.1, 0.15) is 17.5 Å². The number of rotatable bonds is 7. The predicted octanol–water partition coefficient (Wildman–Crippen LogP) is 3.99. The molecular formula is C14H17BrO3S. The van der Waals surface area contributed by atoms with Gasteiger partial charge < -0.3 is 9.84 Å². The van der Waals surface area contributed by atoms with Crippen LogP contribution in [0, 0.1) is 6.92 Å². The average molecular weight is 345 g/mol. The largest absolute Gasteiger partial charge is 0.493 e. The Hall–Kier alpha value is -0.940. The van der Waals surface area contributed by atoms with Gasteiger partial charge in [-0.15, -0.1) is 0 Å². The van der Waals surface area contributed by atoms with E-state index in [1.165, 1.54) is 0 Å². The zero-order valence-electron chi connectivity index (χ0n) is 11.0. The Balaban J connectivity index is 2.89. The lowest BCUT2D eigenvalue weighted by Gasteiger charge is -2.12. The van der Waals surface area contributed by atoms with Gasteiger partial charge in [0.1, 0.15) is 5.75 Å². The molecule has 0 spiro atoms. The van der Waals surface area contributed by atoms with Crippen LogP contribution in [0.5, 0.6) is 5.75 Å². The van der Waals surface area contributed by atoms with Crippen LogP contribution in [0.2, 0.25) is 0 Å². The van der Waals surface area contributed by atoms with E-state index in [-0.39, 0.29) is 0 Å².